The molecule has 0 atom stereocenters. The molecule has 3 heteroatoms. The van der Waals surface area contributed by atoms with E-state index in [1.54, 1.807) is 7.11 Å². The minimum atomic E-state index is 0.0670. The van der Waals surface area contributed by atoms with Crippen LogP contribution in [0.1, 0.15) is 24.8 Å². The Hall–Kier alpha value is -2.29. The molecule has 0 unspecified atom stereocenters. The largest absolute Gasteiger partial charge is 0.507 e. The van der Waals surface area contributed by atoms with E-state index < -0.39 is 0 Å². The van der Waals surface area contributed by atoms with E-state index in [0.717, 1.165) is 22.9 Å². The van der Waals surface area contributed by atoms with Crippen LogP contribution in [0, 0.1) is 0 Å². The molecule has 0 heterocycles. The normalized spacial score (nSPS) is 17.6. The van der Waals surface area contributed by atoms with Crippen LogP contribution in [0.2, 0.25) is 0 Å². The Balaban J connectivity index is 2.07. The first kappa shape index (κ1) is 12.7. The Bertz CT molecular complexity index is 713. The quantitative estimate of drug-likeness (QED) is 0.664. The van der Waals surface area contributed by atoms with E-state index in [1.165, 1.54) is 0 Å². The van der Waals surface area contributed by atoms with Crippen LogP contribution in [0.4, 0.5) is 0 Å². The highest BCUT2D eigenvalue weighted by atomic mass is 16.5. The number of allylic oxidation sites excluding steroid dienone is 1. The Kier molecular flexibility index (Phi) is 3.18. The molecule has 0 saturated heterocycles. The van der Waals surface area contributed by atoms with Crippen molar-refractivity contribution in [2.24, 2.45) is 0 Å². The second kappa shape index (κ2) is 5.00. The number of hydrogen-bond donors (Lipinski definition) is 1. The van der Waals surface area contributed by atoms with Crippen LogP contribution in [-0.4, -0.2) is 18.0 Å². The fourth-order valence-corrected chi connectivity index (χ4v) is 2.64. The van der Waals surface area contributed by atoms with E-state index in [9.17, 15) is 9.90 Å². The molecule has 2 aromatic rings. The first-order valence-corrected chi connectivity index (χ1v) is 6.72. The molecule has 3 nitrogen and oxygen atoms in total. The molecule has 0 aliphatic heterocycles. The van der Waals surface area contributed by atoms with Crippen molar-refractivity contribution in [1.82, 2.24) is 0 Å². The zero-order valence-electron chi connectivity index (χ0n) is 11.3. The fraction of sp³-hybridized carbons (Fsp3) is 0.235. The highest BCUT2D eigenvalue weighted by Gasteiger charge is 2.22. The topological polar surface area (TPSA) is 46.5 Å². The molecule has 0 bridgehead atoms. The number of aliphatic hydroxyl groups excluding tert-OH is 1. The van der Waals surface area contributed by atoms with Crippen molar-refractivity contribution in [3.05, 3.63) is 47.5 Å². The number of carbonyl (C=O) groups is 1. The van der Waals surface area contributed by atoms with Gasteiger partial charge in [0.25, 0.3) is 0 Å². The van der Waals surface area contributed by atoms with Crippen molar-refractivity contribution in [2.75, 3.05) is 7.11 Å². The SMILES string of the molecule is COc1ccc2cc(/C(O)=C3\CCCC3=O)ccc2c1. The molecule has 2 aromatic carbocycles. The molecule has 0 radical (unpaired) electrons. The third-order valence-electron chi connectivity index (χ3n) is 3.77. The average molecular weight is 268 g/mol. The lowest BCUT2D eigenvalue weighted by Gasteiger charge is -2.07. The van der Waals surface area contributed by atoms with Gasteiger partial charge < -0.3 is 9.84 Å². The molecular weight excluding hydrogens is 252 g/mol. The summed E-state index contributed by atoms with van der Waals surface area (Å²) in [5.74, 6) is 1.00. The number of aliphatic hydroxyl groups is 1. The van der Waals surface area contributed by atoms with Crippen LogP contribution in [0.5, 0.6) is 5.75 Å². The van der Waals surface area contributed by atoms with Gasteiger partial charge in [0.2, 0.25) is 0 Å². The first-order chi connectivity index (χ1) is 9.69. The molecule has 3 rings (SSSR count). The van der Waals surface area contributed by atoms with Gasteiger partial charge in [-0.3, -0.25) is 4.79 Å². The van der Waals surface area contributed by atoms with E-state index in [1.807, 2.05) is 36.4 Å². The van der Waals surface area contributed by atoms with Gasteiger partial charge in [-0.2, -0.15) is 0 Å². The van der Waals surface area contributed by atoms with Gasteiger partial charge in [-0.25, -0.2) is 0 Å². The van der Waals surface area contributed by atoms with E-state index in [2.05, 4.69) is 0 Å². The van der Waals surface area contributed by atoms with E-state index >= 15 is 0 Å². The molecule has 0 aromatic heterocycles. The minimum absolute atomic E-state index is 0.0670. The summed E-state index contributed by atoms with van der Waals surface area (Å²) in [6.45, 7) is 0. The summed E-state index contributed by atoms with van der Waals surface area (Å²) in [5.41, 5.74) is 1.27. The minimum Gasteiger partial charge on any atom is -0.507 e. The van der Waals surface area contributed by atoms with Gasteiger partial charge in [-0.1, -0.05) is 18.2 Å². The fourth-order valence-electron chi connectivity index (χ4n) is 2.64. The summed E-state index contributed by atoms with van der Waals surface area (Å²) in [7, 11) is 1.64. The van der Waals surface area contributed by atoms with Crippen molar-refractivity contribution in [3.63, 3.8) is 0 Å². The van der Waals surface area contributed by atoms with Gasteiger partial charge in [0.1, 0.15) is 11.5 Å². The van der Waals surface area contributed by atoms with Crippen molar-refractivity contribution < 1.29 is 14.6 Å². The number of hydrogen-bond acceptors (Lipinski definition) is 3. The zero-order valence-corrected chi connectivity index (χ0v) is 11.3. The van der Waals surface area contributed by atoms with Gasteiger partial charge in [-0.05, 0) is 41.8 Å². The molecule has 0 spiro atoms. The third kappa shape index (κ3) is 2.16. The number of ketones is 1. The van der Waals surface area contributed by atoms with Gasteiger partial charge in [-0.15, -0.1) is 0 Å². The summed E-state index contributed by atoms with van der Waals surface area (Å²) < 4.78 is 5.19. The zero-order chi connectivity index (χ0) is 14.1. The maximum atomic E-state index is 11.7. The summed E-state index contributed by atoms with van der Waals surface area (Å²) in [6, 6.07) is 11.5. The van der Waals surface area contributed by atoms with Crippen molar-refractivity contribution >= 4 is 22.3 Å². The molecule has 0 amide bonds. The van der Waals surface area contributed by atoms with Crippen LogP contribution in [0.15, 0.2) is 42.0 Å². The molecule has 1 fully saturated rings. The molecular formula is C17H16O3. The Morgan fingerprint density at radius 2 is 1.85 bits per heavy atom. The summed E-state index contributed by atoms with van der Waals surface area (Å²) in [4.78, 5) is 11.7. The molecule has 1 N–H and O–H groups in total. The van der Waals surface area contributed by atoms with E-state index in [4.69, 9.17) is 4.74 Å². The Morgan fingerprint density at radius 3 is 2.55 bits per heavy atom. The highest BCUT2D eigenvalue weighted by Crippen LogP contribution is 2.30. The second-order valence-corrected chi connectivity index (χ2v) is 5.03. The maximum Gasteiger partial charge on any atom is 0.162 e. The van der Waals surface area contributed by atoms with Crippen LogP contribution >= 0.6 is 0 Å². The summed E-state index contributed by atoms with van der Waals surface area (Å²) in [6.07, 6.45) is 2.05. The van der Waals surface area contributed by atoms with Crippen molar-refractivity contribution in [3.8, 4) is 5.75 Å². The lowest BCUT2D eigenvalue weighted by molar-refractivity contribution is -0.114. The summed E-state index contributed by atoms with van der Waals surface area (Å²) >= 11 is 0. The molecule has 102 valence electrons. The summed E-state index contributed by atoms with van der Waals surface area (Å²) in [5, 5.41) is 12.3. The smallest absolute Gasteiger partial charge is 0.162 e. The number of fused-ring (bicyclic) bond motifs is 1. The lowest BCUT2D eigenvalue weighted by atomic mass is 10.0. The number of methoxy groups -OCH3 is 1. The first-order valence-electron chi connectivity index (χ1n) is 6.72. The lowest BCUT2D eigenvalue weighted by Crippen LogP contribution is -1.97. The maximum absolute atomic E-state index is 11.7. The predicted molar refractivity (Wildman–Crippen MR) is 78.9 cm³/mol. The highest BCUT2D eigenvalue weighted by molar-refractivity contribution is 6.03. The molecule has 20 heavy (non-hydrogen) atoms. The van der Waals surface area contributed by atoms with Gasteiger partial charge in [0.05, 0.1) is 7.11 Å². The Labute approximate surface area is 117 Å². The van der Waals surface area contributed by atoms with Crippen LogP contribution < -0.4 is 4.74 Å². The second-order valence-electron chi connectivity index (χ2n) is 5.03. The van der Waals surface area contributed by atoms with E-state index in [0.29, 0.717) is 24.0 Å². The standard InChI is InChI=1S/C17H16O3/c1-20-14-8-7-11-9-13(6-5-12(11)10-14)17(19)15-3-2-4-16(15)18/h5-10,19H,2-4H2,1H3/b17-15-. The van der Waals surface area contributed by atoms with Gasteiger partial charge in [0.15, 0.2) is 5.78 Å². The number of carbonyl (C=O) groups excluding carboxylic acids is 1. The molecule has 1 aliphatic rings. The van der Waals surface area contributed by atoms with Crippen molar-refractivity contribution in [1.29, 1.82) is 0 Å². The number of benzene rings is 2. The predicted octanol–water partition coefficient (Wildman–Crippen LogP) is 3.87. The average Bonchev–Trinajstić information content (AvgIpc) is 2.91. The van der Waals surface area contributed by atoms with Crippen LogP contribution in [0.3, 0.4) is 0 Å². The van der Waals surface area contributed by atoms with Crippen LogP contribution in [-0.2, 0) is 4.79 Å². The van der Waals surface area contributed by atoms with Gasteiger partial charge in [0, 0.05) is 17.6 Å². The van der Waals surface area contributed by atoms with E-state index in [-0.39, 0.29) is 11.5 Å². The number of Topliss-reactive ketones (excluding diaryl/α,β-unsaturated/α-hetero) is 1. The van der Waals surface area contributed by atoms with Crippen molar-refractivity contribution in [2.45, 2.75) is 19.3 Å². The molecule has 1 saturated carbocycles. The van der Waals surface area contributed by atoms with Crippen LogP contribution in [0.25, 0.3) is 16.5 Å². The number of ether oxygens (including phenoxy) is 1. The third-order valence-corrected chi connectivity index (χ3v) is 3.77. The Morgan fingerprint density at radius 1 is 1.10 bits per heavy atom. The number of rotatable bonds is 2. The molecule has 1 aliphatic carbocycles. The van der Waals surface area contributed by atoms with Gasteiger partial charge >= 0.3 is 0 Å². The monoisotopic (exact) mass is 268 g/mol.